The monoisotopic (exact) mass is 270 g/mol. The van der Waals surface area contributed by atoms with Gasteiger partial charge in [0.25, 0.3) is 5.91 Å². The second kappa shape index (κ2) is 4.89. The Morgan fingerprint density at radius 1 is 1.40 bits per heavy atom. The van der Waals surface area contributed by atoms with Crippen LogP contribution in [-0.4, -0.2) is 17.2 Å². The fraction of sp³-hybridized carbons (Fsp3) is 0.333. The number of para-hydroxylation sites is 1. The molecule has 3 rings (SSSR count). The SMILES string of the molecule is N#CC(C(=O)NC1Cc2ccccc2O1)=C(O)C1CC1. The predicted molar refractivity (Wildman–Crippen MR) is 70.7 cm³/mol. The van der Waals surface area contributed by atoms with E-state index in [2.05, 4.69) is 5.32 Å². The second-order valence-corrected chi connectivity index (χ2v) is 5.04. The first-order valence-corrected chi connectivity index (χ1v) is 6.57. The zero-order valence-electron chi connectivity index (χ0n) is 10.8. The Labute approximate surface area is 116 Å². The number of aliphatic hydroxyl groups excluding tert-OH is 1. The molecule has 1 aliphatic carbocycles. The summed E-state index contributed by atoms with van der Waals surface area (Å²) < 4.78 is 5.58. The van der Waals surface area contributed by atoms with Crippen LogP contribution in [0, 0.1) is 17.2 Å². The third-order valence-corrected chi connectivity index (χ3v) is 3.50. The van der Waals surface area contributed by atoms with Gasteiger partial charge in [0.1, 0.15) is 17.6 Å². The molecule has 1 saturated carbocycles. The highest BCUT2D eigenvalue weighted by Gasteiger charge is 2.32. The van der Waals surface area contributed by atoms with Gasteiger partial charge in [0.2, 0.25) is 0 Å². The van der Waals surface area contributed by atoms with Gasteiger partial charge in [-0.05, 0) is 24.5 Å². The molecule has 20 heavy (non-hydrogen) atoms. The number of rotatable bonds is 3. The van der Waals surface area contributed by atoms with Gasteiger partial charge in [0.15, 0.2) is 11.8 Å². The number of benzene rings is 1. The van der Waals surface area contributed by atoms with Gasteiger partial charge in [0.05, 0.1) is 0 Å². The van der Waals surface area contributed by atoms with Crippen molar-refractivity contribution in [2.75, 3.05) is 0 Å². The average molecular weight is 270 g/mol. The lowest BCUT2D eigenvalue weighted by Gasteiger charge is -2.12. The van der Waals surface area contributed by atoms with E-state index < -0.39 is 12.1 Å². The number of nitrogens with one attached hydrogen (secondary N) is 1. The summed E-state index contributed by atoms with van der Waals surface area (Å²) in [4.78, 5) is 12.0. The number of amides is 1. The number of nitriles is 1. The fourth-order valence-electron chi connectivity index (χ4n) is 2.27. The van der Waals surface area contributed by atoms with Crippen LogP contribution in [0.5, 0.6) is 5.75 Å². The molecule has 0 spiro atoms. The standard InChI is InChI=1S/C15H14N2O3/c16-8-11(14(18)9-5-6-9)15(19)17-13-7-10-3-1-2-4-12(10)20-13/h1-4,9,13,18H,5-7H2,(H,17,19). The maximum atomic E-state index is 12.0. The summed E-state index contributed by atoms with van der Waals surface area (Å²) in [5.41, 5.74) is 0.818. The molecule has 0 radical (unpaired) electrons. The van der Waals surface area contributed by atoms with E-state index in [0.29, 0.717) is 6.42 Å². The lowest BCUT2D eigenvalue weighted by Crippen LogP contribution is -2.39. The number of allylic oxidation sites excluding steroid dienone is 1. The van der Waals surface area contributed by atoms with Gasteiger partial charge in [0, 0.05) is 12.3 Å². The minimum Gasteiger partial charge on any atom is -0.510 e. The lowest BCUT2D eigenvalue weighted by atomic mass is 10.1. The maximum absolute atomic E-state index is 12.0. The van der Waals surface area contributed by atoms with Crippen molar-refractivity contribution in [3.8, 4) is 11.8 Å². The third-order valence-electron chi connectivity index (χ3n) is 3.50. The highest BCUT2D eigenvalue weighted by atomic mass is 16.5. The van der Waals surface area contributed by atoms with Gasteiger partial charge in [-0.2, -0.15) is 5.26 Å². The van der Waals surface area contributed by atoms with E-state index in [1.54, 1.807) is 6.07 Å². The molecule has 1 aromatic rings. The Bertz CT molecular complexity index is 601. The number of hydrogen-bond acceptors (Lipinski definition) is 4. The van der Waals surface area contributed by atoms with Gasteiger partial charge in [-0.3, -0.25) is 4.79 Å². The molecule has 0 aromatic heterocycles. The summed E-state index contributed by atoms with van der Waals surface area (Å²) in [7, 11) is 0. The Kier molecular flexibility index (Phi) is 3.07. The quantitative estimate of drug-likeness (QED) is 0.498. The van der Waals surface area contributed by atoms with E-state index >= 15 is 0 Å². The van der Waals surface area contributed by atoms with Crippen LogP contribution in [0.2, 0.25) is 0 Å². The summed E-state index contributed by atoms with van der Waals surface area (Å²) in [5.74, 6) is 0.0408. The third kappa shape index (κ3) is 2.32. The van der Waals surface area contributed by atoms with Crippen molar-refractivity contribution in [1.29, 1.82) is 5.26 Å². The Morgan fingerprint density at radius 3 is 2.80 bits per heavy atom. The van der Waals surface area contributed by atoms with Gasteiger partial charge >= 0.3 is 0 Å². The zero-order chi connectivity index (χ0) is 14.1. The number of carbonyl (C=O) groups is 1. The van der Waals surface area contributed by atoms with Crippen LogP contribution in [-0.2, 0) is 11.2 Å². The van der Waals surface area contributed by atoms with Crippen LogP contribution in [0.25, 0.3) is 0 Å². The highest BCUT2D eigenvalue weighted by molar-refractivity contribution is 5.98. The number of carbonyl (C=O) groups excluding carboxylic acids is 1. The molecule has 0 saturated heterocycles. The molecular formula is C15H14N2O3. The molecule has 2 aliphatic rings. The summed E-state index contributed by atoms with van der Waals surface area (Å²) in [6.45, 7) is 0. The van der Waals surface area contributed by atoms with Gasteiger partial charge in [-0.25, -0.2) is 0 Å². The van der Waals surface area contributed by atoms with Crippen LogP contribution in [0.15, 0.2) is 35.6 Å². The number of nitrogens with zero attached hydrogens (tertiary/aromatic N) is 1. The smallest absolute Gasteiger partial charge is 0.268 e. The van der Waals surface area contributed by atoms with Crippen LogP contribution in [0.4, 0.5) is 0 Å². The van der Waals surface area contributed by atoms with E-state index in [1.165, 1.54) is 0 Å². The van der Waals surface area contributed by atoms with Crippen LogP contribution in [0.3, 0.4) is 0 Å². The number of ether oxygens (including phenoxy) is 1. The summed E-state index contributed by atoms with van der Waals surface area (Å²) in [6.07, 6.45) is 1.73. The molecule has 1 amide bonds. The normalized spacial score (nSPS) is 21.2. The molecular weight excluding hydrogens is 256 g/mol. The Balaban J connectivity index is 1.69. The van der Waals surface area contributed by atoms with Gasteiger partial charge in [-0.15, -0.1) is 0 Å². The number of aliphatic hydroxyl groups is 1. The average Bonchev–Trinajstić information content (AvgIpc) is 3.20. The molecule has 1 heterocycles. The molecule has 1 aliphatic heterocycles. The van der Waals surface area contributed by atoms with Crippen molar-refractivity contribution in [1.82, 2.24) is 5.32 Å². The van der Waals surface area contributed by atoms with Crippen molar-refractivity contribution in [3.63, 3.8) is 0 Å². The highest BCUT2D eigenvalue weighted by Crippen LogP contribution is 2.36. The van der Waals surface area contributed by atoms with Gasteiger partial charge in [-0.1, -0.05) is 18.2 Å². The molecule has 1 atom stereocenters. The zero-order valence-corrected chi connectivity index (χ0v) is 10.8. The topological polar surface area (TPSA) is 82.4 Å². The van der Waals surface area contributed by atoms with Crippen molar-refractivity contribution < 1.29 is 14.6 Å². The first-order valence-electron chi connectivity index (χ1n) is 6.57. The van der Waals surface area contributed by atoms with Crippen molar-refractivity contribution >= 4 is 5.91 Å². The summed E-state index contributed by atoms with van der Waals surface area (Å²) in [6, 6.07) is 9.32. The van der Waals surface area contributed by atoms with Crippen molar-refractivity contribution in [2.45, 2.75) is 25.5 Å². The number of fused-ring (bicyclic) bond motifs is 1. The van der Waals surface area contributed by atoms with Gasteiger partial charge < -0.3 is 15.2 Å². The van der Waals surface area contributed by atoms with Crippen LogP contribution >= 0.6 is 0 Å². The molecule has 0 bridgehead atoms. The molecule has 1 aromatic carbocycles. The molecule has 1 unspecified atom stereocenters. The first kappa shape index (κ1) is 12.5. The van der Waals surface area contributed by atoms with Crippen molar-refractivity contribution in [3.05, 3.63) is 41.2 Å². The Morgan fingerprint density at radius 2 is 2.15 bits per heavy atom. The van der Waals surface area contributed by atoms with Crippen LogP contribution in [0.1, 0.15) is 18.4 Å². The maximum Gasteiger partial charge on any atom is 0.268 e. The van der Waals surface area contributed by atoms with Crippen LogP contribution < -0.4 is 10.1 Å². The number of hydrogen-bond donors (Lipinski definition) is 2. The minimum atomic E-state index is -0.574. The van der Waals surface area contributed by atoms with E-state index in [9.17, 15) is 9.90 Å². The van der Waals surface area contributed by atoms with E-state index in [0.717, 1.165) is 24.2 Å². The summed E-state index contributed by atoms with van der Waals surface area (Å²) >= 11 is 0. The van der Waals surface area contributed by atoms with Crippen molar-refractivity contribution in [2.24, 2.45) is 5.92 Å². The predicted octanol–water partition coefficient (Wildman–Crippen LogP) is 1.81. The fourth-order valence-corrected chi connectivity index (χ4v) is 2.27. The Hall–Kier alpha value is -2.48. The second-order valence-electron chi connectivity index (χ2n) is 5.04. The van der Waals surface area contributed by atoms with E-state index in [4.69, 9.17) is 10.00 Å². The lowest BCUT2D eigenvalue weighted by molar-refractivity contribution is -0.119. The minimum absolute atomic E-state index is 0.0305. The van der Waals surface area contributed by atoms with E-state index in [-0.39, 0.29) is 17.3 Å². The molecule has 5 heteroatoms. The first-order chi connectivity index (χ1) is 9.69. The largest absolute Gasteiger partial charge is 0.510 e. The molecule has 102 valence electrons. The molecule has 1 fully saturated rings. The molecule has 5 nitrogen and oxygen atoms in total. The summed E-state index contributed by atoms with van der Waals surface area (Å²) in [5, 5.41) is 21.5. The van der Waals surface area contributed by atoms with E-state index in [1.807, 2.05) is 24.3 Å². The molecule has 2 N–H and O–H groups in total.